The first-order valence-electron chi connectivity index (χ1n) is 7.54. The topological polar surface area (TPSA) is 60.2 Å². The van der Waals surface area contributed by atoms with Crippen molar-refractivity contribution in [3.8, 4) is 11.1 Å². The van der Waals surface area contributed by atoms with Gasteiger partial charge in [0, 0.05) is 17.3 Å². The molecule has 118 valence electrons. The molecular formula is C18H14N4OS. The summed E-state index contributed by atoms with van der Waals surface area (Å²) in [6.45, 7) is 1.93. The molecule has 0 aliphatic rings. The number of hydrogen-bond donors (Lipinski definition) is 0. The molecule has 0 aliphatic heterocycles. The van der Waals surface area contributed by atoms with Crippen LogP contribution in [0, 0.1) is 6.92 Å². The third-order valence-corrected chi connectivity index (χ3v) is 4.74. The first kappa shape index (κ1) is 14.7. The molecule has 0 amide bonds. The van der Waals surface area contributed by atoms with Crippen molar-refractivity contribution in [1.82, 2.24) is 19.6 Å². The minimum absolute atomic E-state index is 0.000121. The normalized spacial score (nSPS) is 11.0. The molecule has 5 nitrogen and oxygen atoms in total. The second-order valence-corrected chi connectivity index (χ2v) is 6.50. The SMILES string of the molecule is Cc1csc(CC(=O)c2cc(-c3ccccc3)cn3cnnc23)n1. The Bertz CT molecular complexity index is 1020. The zero-order valence-electron chi connectivity index (χ0n) is 13.0. The lowest BCUT2D eigenvalue weighted by Gasteiger charge is -2.07. The van der Waals surface area contributed by atoms with E-state index >= 15 is 0 Å². The van der Waals surface area contributed by atoms with Crippen LogP contribution in [0.25, 0.3) is 16.8 Å². The molecule has 3 heterocycles. The summed E-state index contributed by atoms with van der Waals surface area (Å²) < 4.78 is 1.79. The molecule has 6 heteroatoms. The van der Waals surface area contributed by atoms with Crippen LogP contribution in [-0.2, 0) is 6.42 Å². The van der Waals surface area contributed by atoms with E-state index in [0.29, 0.717) is 11.2 Å². The average molecular weight is 334 g/mol. The van der Waals surface area contributed by atoms with Crippen LogP contribution in [0.3, 0.4) is 0 Å². The van der Waals surface area contributed by atoms with Crippen molar-refractivity contribution in [1.29, 1.82) is 0 Å². The number of pyridine rings is 1. The van der Waals surface area contributed by atoms with E-state index in [0.717, 1.165) is 21.8 Å². The van der Waals surface area contributed by atoms with Gasteiger partial charge in [-0.05, 0) is 24.1 Å². The standard InChI is InChI=1S/C18H14N4OS/c1-12-10-24-17(20-12)8-16(23)15-7-14(13-5-3-2-4-6-13)9-22-11-19-21-18(15)22/h2-7,9-11H,8H2,1H3. The van der Waals surface area contributed by atoms with Crippen LogP contribution in [0.5, 0.6) is 0 Å². The summed E-state index contributed by atoms with van der Waals surface area (Å²) in [6.07, 6.45) is 3.83. The number of fused-ring (bicyclic) bond motifs is 1. The van der Waals surface area contributed by atoms with Crippen molar-refractivity contribution in [2.24, 2.45) is 0 Å². The molecule has 0 radical (unpaired) electrons. The van der Waals surface area contributed by atoms with Crippen LogP contribution in [-0.4, -0.2) is 25.4 Å². The second-order valence-electron chi connectivity index (χ2n) is 5.55. The quantitative estimate of drug-likeness (QED) is 0.535. The highest BCUT2D eigenvalue weighted by Crippen LogP contribution is 2.23. The second kappa shape index (κ2) is 5.98. The summed E-state index contributed by atoms with van der Waals surface area (Å²) >= 11 is 1.51. The molecule has 0 spiro atoms. The van der Waals surface area contributed by atoms with Crippen molar-refractivity contribution in [2.45, 2.75) is 13.3 Å². The molecule has 0 atom stereocenters. The predicted octanol–water partition coefficient (Wildman–Crippen LogP) is 3.59. The number of aromatic nitrogens is 4. The van der Waals surface area contributed by atoms with Gasteiger partial charge in [0.1, 0.15) is 11.3 Å². The molecule has 0 N–H and O–H groups in total. The number of rotatable bonds is 4. The van der Waals surface area contributed by atoms with Gasteiger partial charge in [-0.3, -0.25) is 9.20 Å². The molecule has 3 aromatic heterocycles. The highest BCUT2D eigenvalue weighted by atomic mass is 32.1. The van der Waals surface area contributed by atoms with E-state index in [1.807, 2.05) is 54.9 Å². The monoisotopic (exact) mass is 334 g/mol. The summed E-state index contributed by atoms with van der Waals surface area (Å²) in [5.41, 5.74) is 4.09. The summed E-state index contributed by atoms with van der Waals surface area (Å²) in [4.78, 5) is 17.2. The van der Waals surface area contributed by atoms with Crippen molar-refractivity contribution in [3.05, 3.63) is 70.6 Å². The molecular weight excluding hydrogens is 320 g/mol. The summed E-state index contributed by atoms with van der Waals surface area (Å²) in [6, 6.07) is 11.9. The van der Waals surface area contributed by atoms with Crippen LogP contribution >= 0.6 is 11.3 Å². The Hall–Kier alpha value is -2.86. The molecule has 4 rings (SSSR count). The van der Waals surface area contributed by atoms with Gasteiger partial charge in [-0.15, -0.1) is 21.5 Å². The van der Waals surface area contributed by atoms with E-state index < -0.39 is 0 Å². The van der Waals surface area contributed by atoms with Gasteiger partial charge in [-0.2, -0.15) is 0 Å². The summed E-state index contributed by atoms with van der Waals surface area (Å²) in [7, 11) is 0. The Morgan fingerprint density at radius 2 is 2.04 bits per heavy atom. The molecule has 0 bridgehead atoms. The van der Waals surface area contributed by atoms with Gasteiger partial charge in [0.25, 0.3) is 0 Å². The molecule has 1 aromatic carbocycles. The molecule has 0 unspecified atom stereocenters. The highest BCUT2D eigenvalue weighted by Gasteiger charge is 2.16. The Kier molecular flexibility index (Phi) is 3.66. The van der Waals surface area contributed by atoms with Gasteiger partial charge >= 0.3 is 0 Å². The largest absolute Gasteiger partial charge is 0.294 e. The third-order valence-electron chi connectivity index (χ3n) is 3.78. The molecule has 0 saturated heterocycles. The van der Waals surface area contributed by atoms with Gasteiger partial charge in [0.2, 0.25) is 0 Å². The minimum atomic E-state index is 0.000121. The lowest BCUT2D eigenvalue weighted by molar-refractivity contribution is 0.0994. The van der Waals surface area contributed by atoms with Crippen LogP contribution < -0.4 is 0 Å². The van der Waals surface area contributed by atoms with Crippen molar-refractivity contribution < 1.29 is 4.79 Å². The van der Waals surface area contributed by atoms with Crippen molar-refractivity contribution in [2.75, 3.05) is 0 Å². The maximum absolute atomic E-state index is 12.8. The fraction of sp³-hybridized carbons (Fsp3) is 0.111. The Morgan fingerprint density at radius 3 is 2.79 bits per heavy atom. The zero-order chi connectivity index (χ0) is 16.5. The highest BCUT2D eigenvalue weighted by molar-refractivity contribution is 7.09. The van der Waals surface area contributed by atoms with Gasteiger partial charge in [-0.25, -0.2) is 4.98 Å². The van der Waals surface area contributed by atoms with Gasteiger partial charge in [0.05, 0.1) is 12.0 Å². The van der Waals surface area contributed by atoms with Crippen LogP contribution in [0.1, 0.15) is 21.1 Å². The summed E-state index contributed by atoms with van der Waals surface area (Å²) in [5.74, 6) is 0.000121. The minimum Gasteiger partial charge on any atom is -0.294 e. The first-order valence-corrected chi connectivity index (χ1v) is 8.42. The molecule has 24 heavy (non-hydrogen) atoms. The number of ketones is 1. The van der Waals surface area contributed by atoms with E-state index in [2.05, 4.69) is 15.2 Å². The average Bonchev–Trinajstić information content (AvgIpc) is 3.23. The van der Waals surface area contributed by atoms with E-state index in [1.54, 1.807) is 10.7 Å². The Balaban J connectivity index is 1.78. The maximum atomic E-state index is 12.8. The zero-order valence-corrected chi connectivity index (χ0v) is 13.8. The van der Waals surface area contributed by atoms with Crippen molar-refractivity contribution in [3.63, 3.8) is 0 Å². The van der Waals surface area contributed by atoms with Crippen LogP contribution in [0.4, 0.5) is 0 Å². The molecule has 0 aliphatic carbocycles. The molecule has 0 saturated carbocycles. The number of nitrogens with zero attached hydrogens (tertiary/aromatic N) is 4. The lowest BCUT2D eigenvalue weighted by Crippen LogP contribution is -2.06. The summed E-state index contributed by atoms with van der Waals surface area (Å²) in [5, 5.41) is 10.8. The number of thiazole rings is 1. The third kappa shape index (κ3) is 2.72. The molecule has 4 aromatic rings. The van der Waals surface area contributed by atoms with Crippen molar-refractivity contribution >= 4 is 22.8 Å². The van der Waals surface area contributed by atoms with Gasteiger partial charge in [-0.1, -0.05) is 30.3 Å². The van der Waals surface area contributed by atoms with Crippen LogP contribution in [0.2, 0.25) is 0 Å². The van der Waals surface area contributed by atoms with E-state index in [9.17, 15) is 4.79 Å². The smallest absolute Gasteiger partial charge is 0.173 e. The number of carbonyl (C=O) groups excluding carboxylic acids is 1. The van der Waals surface area contributed by atoms with E-state index in [4.69, 9.17) is 0 Å². The first-order chi connectivity index (χ1) is 11.7. The number of benzene rings is 1. The van der Waals surface area contributed by atoms with E-state index in [-0.39, 0.29) is 12.2 Å². The fourth-order valence-electron chi connectivity index (χ4n) is 2.65. The number of Topliss-reactive ketones (excluding diaryl/α,β-unsaturated/α-hetero) is 1. The predicted molar refractivity (Wildman–Crippen MR) is 93.3 cm³/mol. The van der Waals surface area contributed by atoms with E-state index in [1.165, 1.54) is 11.3 Å². The van der Waals surface area contributed by atoms with Gasteiger partial charge in [0.15, 0.2) is 11.4 Å². The number of hydrogen-bond acceptors (Lipinski definition) is 5. The Morgan fingerprint density at radius 1 is 1.21 bits per heavy atom. The fourth-order valence-corrected chi connectivity index (χ4v) is 3.42. The Labute approximate surface area is 142 Å². The molecule has 0 fully saturated rings. The lowest BCUT2D eigenvalue weighted by atomic mass is 10.0. The van der Waals surface area contributed by atoms with Crippen LogP contribution in [0.15, 0.2) is 54.3 Å². The van der Waals surface area contributed by atoms with Gasteiger partial charge < -0.3 is 0 Å². The maximum Gasteiger partial charge on any atom is 0.173 e. The number of aryl methyl sites for hydroxylation is 1. The number of carbonyl (C=O) groups is 1.